The first kappa shape index (κ1) is 15.5. The lowest BCUT2D eigenvalue weighted by atomic mass is 10.1. The first-order valence-electron chi connectivity index (χ1n) is 7.59. The van der Waals surface area contributed by atoms with Gasteiger partial charge in [-0.25, -0.2) is 4.98 Å². The molecule has 1 aliphatic rings. The minimum atomic E-state index is -0.398. The van der Waals surface area contributed by atoms with Crippen molar-refractivity contribution in [2.45, 2.75) is 6.92 Å². The number of carbonyl (C=O) groups is 3. The van der Waals surface area contributed by atoms with Crippen molar-refractivity contribution in [3.8, 4) is 0 Å². The van der Waals surface area contributed by atoms with Crippen LogP contribution in [0.4, 0.5) is 5.13 Å². The Hall–Kier alpha value is -3.06. The van der Waals surface area contributed by atoms with E-state index < -0.39 is 5.91 Å². The molecule has 1 aromatic heterocycles. The van der Waals surface area contributed by atoms with E-state index in [1.807, 2.05) is 25.1 Å². The van der Waals surface area contributed by atoms with E-state index in [9.17, 15) is 14.4 Å². The molecule has 1 aliphatic heterocycles. The number of nitrogens with one attached hydrogen (secondary N) is 1. The molecule has 3 aromatic rings. The van der Waals surface area contributed by atoms with Crippen LogP contribution in [-0.4, -0.2) is 34.7 Å². The molecule has 0 saturated heterocycles. The average Bonchev–Trinajstić information content (AvgIpc) is 3.11. The van der Waals surface area contributed by atoms with Gasteiger partial charge in [0.25, 0.3) is 17.7 Å². The summed E-state index contributed by atoms with van der Waals surface area (Å²) in [7, 11) is 1.42. The number of fused-ring (bicyclic) bond motifs is 2. The van der Waals surface area contributed by atoms with Crippen molar-refractivity contribution in [3.63, 3.8) is 0 Å². The van der Waals surface area contributed by atoms with Gasteiger partial charge >= 0.3 is 0 Å². The first-order valence-corrected chi connectivity index (χ1v) is 8.41. The van der Waals surface area contributed by atoms with Crippen LogP contribution in [0.3, 0.4) is 0 Å². The summed E-state index contributed by atoms with van der Waals surface area (Å²) in [5, 5.41) is 3.26. The van der Waals surface area contributed by atoms with Gasteiger partial charge in [0.05, 0.1) is 21.3 Å². The second kappa shape index (κ2) is 5.49. The van der Waals surface area contributed by atoms with E-state index in [0.29, 0.717) is 16.3 Å². The lowest BCUT2D eigenvalue weighted by Gasteiger charge is -2.03. The molecule has 1 N–H and O–H groups in total. The Bertz CT molecular complexity index is 1070. The molecule has 3 amide bonds. The van der Waals surface area contributed by atoms with Gasteiger partial charge in [0.2, 0.25) is 0 Å². The average molecular weight is 351 g/mol. The van der Waals surface area contributed by atoms with Gasteiger partial charge in [0.1, 0.15) is 0 Å². The molecule has 0 saturated carbocycles. The second-order valence-corrected chi connectivity index (χ2v) is 6.86. The van der Waals surface area contributed by atoms with E-state index in [0.717, 1.165) is 20.7 Å². The number of aryl methyl sites for hydroxylation is 1. The molecule has 0 atom stereocenters. The van der Waals surface area contributed by atoms with Crippen molar-refractivity contribution in [3.05, 3.63) is 58.7 Å². The van der Waals surface area contributed by atoms with Crippen LogP contribution in [0.15, 0.2) is 36.4 Å². The van der Waals surface area contributed by atoms with Crippen LogP contribution in [0.5, 0.6) is 0 Å². The molecule has 2 heterocycles. The van der Waals surface area contributed by atoms with Crippen LogP contribution < -0.4 is 5.32 Å². The molecule has 0 fully saturated rings. The summed E-state index contributed by atoms with van der Waals surface area (Å²) >= 11 is 1.39. The van der Waals surface area contributed by atoms with E-state index in [1.54, 1.807) is 0 Å². The maximum Gasteiger partial charge on any atom is 0.261 e. The Morgan fingerprint density at radius 3 is 2.64 bits per heavy atom. The summed E-state index contributed by atoms with van der Waals surface area (Å²) < 4.78 is 0.992. The molecule has 0 unspecified atom stereocenters. The number of rotatable bonds is 2. The second-order valence-electron chi connectivity index (χ2n) is 5.82. The zero-order valence-corrected chi connectivity index (χ0v) is 14.3. The predicted octanol–water partition coefficient (Wildman–Crippen LogP) is 3.08. The van der Waals surface area contributed by atoms with Gasteiger partial charge in [-0.05, 0) is 36.8 Å². The van der Waals surface area contributed by atoms with Crippen molar-refractivity contribution in [1.82, 2.24) is 9.88 Å². The summed E-state index contributed by atoms with van der Waals surface area (Å²) in [6.07, 6.45) is 0. The Kier molecular flexibility index (Phi) is 3.40. The fourth-order valence-corrected chi connectivity index (χ4v) is 3.75. The molecule has 0 aliphatic carbocycles. The van der Waals surface area contributed by atoms with Crippen molar-refractivity contribution in [2.75, 3.05) is 12.4 Å². The van der Waals surface area contributed by atoms with Crippen molar-refractivity contribution >= 4 is 44.4 Å². The van der Waals surface area contributed by atoms with Gasteiger partial charge in [-0.1, -0.05) is 23.5 Å². The molecular formula is C18H13N3O3S. The summed E-state index contributed by atoms with van der Waals surface area (Å²) in [6.45, 7) is 1.97. The first-order chi connectivity index (χ1) is 12.0. The third-order valence-electron chi connectivity index (χ3n) is 4.19. The SMILES string of the molecule is Cc1cccc2sc(NC(=O)c3ccc4c(c3)C(=O)N(C)C4=O)nc12. The highest BCUT2D eigenvalue weighted by Crippen LogP contribution is 2.28. The largest absolute Gasteiger partial charge is 0.298 e. The van der Waals surface area contributed by atoms with E-state index in [4.69, 9.17) is 0 Å². The van der Waals surface area contributed by atoms with Crippen LogP contribution in [0.25, 0.3) is 10.2 Å². The Balaban J connectivity index is 1.64. The zero-order valence-electron chi connectivity index (χ0n) is 13.5. The number of benzene rings is 2. The molecule has 2 aromatic carbocycles. The Labute approximate surface area is 147 Å². The predicted molar refractivity (Wildman–Crippen MR) is 95.2 cm³/mol. The lowest BCUT2D eigenvalue weighted by molar-refractivity contribution is 0.0693. The highest BCUT2D eigenvalue weighted by Gasteiger charge is 2.33. The number of thiazole rings is 1. The number of aromatic nitrogens is 1. The fourth-order valence-electron chi connectivity index (χ4n) is 2.81. The normalized spacial score (nSPS) is 13.4. The summed E-state index contributed by atoms with van der Waals surface area (Å²) in [4.78, 5) is 41.9. The topological polar surface area (TPSA) is 79.4 Å². The molecule has 124 valence electrons. The third-order valence-corrected chi connectivity index (χ3v) is 5.13. The number of anilines is 1. The van der Waals surface area contributed by atoms with Gasteiger partial charge in [-0.2, -0.15) is 0 Å². The molecule has 0 spiro atoms. The summed E-state index contributed by atoms with van der Waals surface area (Å²) in [6, 6.07) is 10.4. The number of imide groups is 1. The van der Waals surface area contributed by atoms with Crippen LogP contribution in [0.1, 0.15) is 36.6 Å². The van der Waals surface area contributed by atoms with Crippen LogP contribution in [-0.2, 0) is 0 Å². The molecular weight excluding hydrogens is 338 g/mol. The number of hydrogen-bond acceptors (Lipinski definition) is 5. The number of para-hydroxylation sites is 1. The standard InChI is InChI=1S/C18H13N3O3S/c1-9-4-3-5-13-14(9)19-18(25-13)20-15(22)10-6-7-11-12(8-10)17(24)21(2)16(11)23/h3-8H,1-2H3,(H,19,20,22). The van der Waals surface area contributed by atoms with Crippen LogP contribution in [0.2, 0.25) is 0 Å². The molecule has 25 heavy (non-hydrogen) atoms. The fraction of sp³-hybridized carbons (Fsp3) is 0.111. The quantitative estimate of drug-likeness (QED) is 0.720. The minimum absolute atomic E-state index is 0.250. The Morgan fingerprint density at radius 2 is 1.88 bits per heavy atom. The number of carbonyl (C=O) groups excluding carboxylic acids is 3. The van der Waals surface area contributed by atoms with E-state index >= 15 is 0 Å². The van der Waals surface area contributed by atoms with Crippen LogP contribution >= 0.6 is 11.3 Å². The zero-order chi connectivity index (χ0) is 17.7. The Morgan fingerprint density at radius 1 is 1.12 bits per heavy atom. The van der Waals surface area contributed by atoms with Gasteiger partial charge in [0.15, 0.2) is 5.13 Å². The highest BCUT2D eigenvalue weighted by molar-refractivity contribution is 7.22. The maximum absolute atomic E-state index is 12.5. The number of amides is 3. The van der Waals surface area contributed by atoms with Crippen LogP contribution in [0, 0.1) is 6.92 Å². The molecule has 0 radical (unpaired) electrons. The van der Waals surface area contributed by atoms with Gasteiger partial charge in [0, 0.05) is 12.6 Å². The molecule has 7 heteroatoms. The monoisotopic (exact) mass is 351 g/mol. The molecule has 0 bridgehead atoms. The van der Waals surface area contributed by atoms with Gasteiger partial charge in [-0.15, -0.1) is 0 Å². The number of nitrogens with zero attached hydrogens (tertiary/aromatic N) is 2. The van der Waals surface area contributed by atoms with Crippen molar-refractivity contribution in [2.24, 2.45) is 0 Å². The third kappa shape index (κ3) is 2.40. The number of hydrogen-bond donors (Lipinski definition) is 1. The van der Waals surface area contributed by atoms with E-state index in [-0.39, 0.29) is 17.4 Å². The summed E-state index contributed by atoms with van der Waals surface area (Å²) in [5.41, 5.74) is 2.78. The maximum atomic E-state index is 12.5. The van der Waals surface area contributed by atoms with Gasteiger partial charge in [-0.3, -0.25) is 24.6 Å². The highest BCUT2D eigenvalue weighted by atomic mass is 32.1. The molecule has 4 rings (SSSR count). The lowest BCUT2D eigenvalue weighted by Crippen LogP contribution is -2.24. The van der Waals surface area contributed by atoms with E-state index in [2.05, 4.69) is 10.3 Å². The van der Waals surface area contributed by atoms with Crippen molar-refractivity contribution < 1.29 is 14.4 Å². The van der Waals surface area contributed by atoms with Crippen molar-refractivity contribution in [1.29, 1.82) is 0 Å². The summed E-state index contributed by atoms with van der Waals surface area (Å²) in [5.74, 6) is -1.12. The molecule has 6 nitrogen and oxygen atoms in total. The minimum Gasteiger partial charge on any atom is -0.298 e. The van der Waals surface area contributed by atoms with E-state index in [1.165, 1.54) is 36.6 Å². The van der Waals surface area contributed by atoms with Gasteiger partial charge < -0.3 is 0 Å². The smallest absolute Gasteiger partial charge is 0.261 e.